The van der Waals surface area contributed by atoms with E-state index in [1.165, 1.54) is 4.90 Å². The number of carbonyl (C=O) groups excluding carboxylic acids is 2. The van der Waals surface area contributed by atoms with Gasteiger partial charge in [0.05, 0.1) is 0 Å². The standard InChI is InChI=1S/C12H22N4O4/c1-16(2)11(20)14-8-7-13-10(19)15-12(9(17)18)5-3-4-6-12/h3-8H2,1-2H3,(H,14,20)(H,17,18)(H2,13,15,19). The summed E-state index contributed by atoms with van der Waals surface area (Å²) in [5.74, 6) is -0.994. The lowest BCUT2D eigenvalue weighted by Gasteiger charge is -2.25. The van der Waals surface area contributed by atoms with Crippen molar-refractivity contribution in [2.75, 3.05) is 27.2 Å². The highest BCUT2D eigenvalue weighted by Gasteiger charge is 2.42. The Labute approximate surface area is 117 Å². The first-order valence-electron chi connectivity index (χ1n) is 6.62. The number of amides is 4. The molecule has 0 aliphatic heterocycles. The fourth-order valence-corrected chi connectivity index (χ4v) is 2.14. The van der Waals surface area contributed by atoms with Crippen LogP contribution in [-0.4, -0.2) is 60.8 Å². The van der Waals surface area contributed by atoms with E-state index in [9.17, 15) is 19.5 Å². The molecule has 0 aromatic carbocycles. The minimum absolute atomic E-state index is 0.237. The molecule has 0 bridgehead atoms. The molecule has 1 aliphatic rings. The second-order valence-corrected chi connectivity index (χ2v) is 5.10. The first-order valence-corrected chi connectivity index (χ1v) is 6.62. The molecule has 0 spiro atoms. The third-order valence-electron chi connectivity index (χ3n) is 3.31. The molecule has 4 N–H and O–H groups in total. The third-order valence-corrected chi connectivity index (χ3v) is 3.31. The van der Waals surface area contributed by atoms with E-state index in [0.717, 1.165) is 12.8 Å². The Kier molecular flexibility index (Phi) is 5.60. The van der Waals surface area contributed by atoms with Gasteiger partial charge in [-0.2, -0.15) is 0 Å². The number of nitrogens with zero attached hydrogens (tertiary/aromatic N) is 1. The summed E-state index contributed by atoms with van der Waals surface area (Å²) in [5, 5.41) is 16.9. The molecule has 1 aliphatic carbocycles. The van der Waals surface area contributed by atoms with Gasteiger partial charge in [-0.15, -0.1) is 0 Å². The lowest BCUT2D eigenvalue weighted by Crippen LogP contribution is -2.56. The summed E-state index contributed by atoms with van der Waals surface area (Å²) < 4.78 is 0. The van der Waals surface area contributed by atoms with E-state index in [-0.39, 0.29) is 19.1 Å². The lowest BCUT2D eigenvalue weighted by atomic mass is 9.98. The molecule has 1 saturated carbocycles. The van der Waals surface area contributed by atoms with Crippen molar-refractivity contribution in [3.8, 4) is 0 Å². The van der Waals surface area contributed by atoms with E-state index in [1.54, 1.807) is 14.1 Å². The molecule has 1 fully saturated rings. The van der Waals surface area contributed by atoms with Gasteiger partial charge in [-0.25, -0.2) is 14.4 Å². The quantitative estimate of drug-likeness (QED) is 0.531. The number of carboxylic acids is 1. The van der Waals surface area contributed by atoms with E-state index in [1.807, 2.05) is 0 Å². The molecule has 20 heavy (non-hydrogen) atoms. The van der Waals surface area contributed by atoms with Crippen LogP contribution in [0.2, 0.25) is 0 Å². The number of aliphatic carboxylic acids is 1. The van der Waals surface area contributed by atoms with Gasteiger partial charge in [0, 0.05) is 27.2 Å². The predicted molar refractivity (Wildman–Crippen MR) is 72.5 cm³/mol. The van der Waals surface area contributed by atoms with Gasteiger partial charge in [0.25, 0.3) is 0 Å². The van der Waals surface area contributed by atoms with Gasteiger partial charge in [-0.3, -0.25) is 0 Å². The summed E-state index contributed by atoms with van der Waals surface area (Å²) in [4.78, 5) is 35.5. The number of nitrogens with one attached hydrogen (secondary N) is 3. The molecule has 0 radical (unpaired) electrons. The molecule has 4 amide bonds. The molecular formula is C12H22N4O4. The smallest absolute Gasteiger partial charge is 0.329 e. The number of hydrogen-bond acceptors (Lipinski definition) is 3. The highest BCUT2D eigenvalue weighted by molar-refractivity contribution is 5.86. The van der Waals surface area contributed by atoms with Crippen molar-refractivity contribution >= 4 is 18.0 Å². The summed E-state index contributed by atoms with van der Waals surface area (Å²) in [6.45, 7) is 0.519. The Morgan fingerprint density at radius 3 is 2.15 bits per heavy atom. The Hall–Kier alpha value is -1.99. The van der Waals surface area contributed by atoms with Gasteiger partial charge < -0.3 is 26.0 Å². The molecular weight excluding hydrogens is 264 g/mol. The van der Waals surface area contributed by atoms with Crippen molar-refractivity contribution in [1.29, 1.82) is 0 Å². The average molecular weight is 286 g/mol. The monoisotopic (exact) mass is 286 g/mol. The van der Waals surface area contributed by atoms with Crippen LogP contribution < -0.4 is 16.0 Å². The molecule has 0 aromatic heterocycles. The maximum absolute atomic E-state index is 11.7. The van der Waals surface area contributed by atoms with Gasteiger partial charge in [0.1, 0.15) is 5.54 Å². The van der Waals surface area contributed by atoms with Crippen molar-refractivity contribution in [2.45, 2.75) is 31.2 Å². The Bertz CT molecular complexity index is 378. The largest absolute Gasteiger partial charge is 0.480 e. The fraction of sp³-hybridized carbons (Fsp3) is 0.750. The van der Waals surface area contributed by atoms with Crippen LogP contribution in [-0.2, 0) is 4.79 Å². The second-order valence-electron chi connectivity index (χ2n) is 5.10. The lowest BCUT2D eigenvalue weighted by molar-refractivity contribution is -0.144. The van der Waals surface area contributed by atoms with Crippen molar-refractivity contribution in [3.63, 3.8) is 0 Å². The van der Waals surface area contributed by atoms with E-state index >= 15 is 0 Å². The molecule has 0 unspecified atom stereocenters. The zero-order valence-electron chi connectivity index (χ0n) is 11.9. The van der Waals surface area contributed by atoms with Gasteiger partial charge in [-0.1, -0.05) is 12.8 Å². The summed E-state index contributed by atoms with van der Waals surface area (Å²) in [6, 6.07) is -0.765. The van der Waals surface area contributed by atoms with Gasteiger partial charge >= 0.3 is 18.0 Å². The zero-order valence-corrected chi connectivity index (χ0v) is 11.9. The van der Waals surface area contributed by atoms with Crippen molar-refractivity contribution < 1.29 is 19.5 Å². The normalized spacial score (nSPS) is 16.3. The van der Waals surface area contributed by atoms with Crippen LogP contribution in [0.4, 0.5) is 9.59 Å². The predicted octanol–water partition coefficient (Wildman–Crippen LogP) is -0.0458. The Balaban J connectivity index is 2.29. The number of hydrogen-bond donors (Lipinski definition) is 4. The van der Waals surface area contributed by atoms with E-state index < -0.39 is 17.5 Å². The van der Waals surface area contributed by atoms with Crippen LogP contribution in [0.25, 0.3) is 0 Å². The van der Waals surface area contributed by atoms with E-state index in [0.29, 0.717) is 12.8 Å². The Morgan fingerprint density at radius 2 is 1.65 bits per heavy atom. The minimum Gasteiger partial charge on any atom is -0.480 e. The second kappa shape index (κ2) is 6.97. The maximum Gasteiger partial charge on any atom is 0.329 e. The van der Waals surface area contributed by atoms with Crippen LogP contribution in [0.5, 0.6) is 0 Å². The third kappa shape index (κ3) is 4.29. The van der Waals surface area contributed by atoms with Crippen LogP contribution in [0, 0.1) is 0 Å². The van der Waals surface area contributed by atoms with E-state index in [4.69, 9.17) is 0 Å². The topological polar surface area (TPSA) is 111 Å². The van der Waals surface area contributed by atoms with Crippen LogP contribution in [0.15, 0.2) is 0 Å². The van der Waals surface area contributed by atoms with E-state index in [2.05, 4.69) is 16.0 Å². The van der Waals surface area contributed by atoms with Crippen LogP contribution >= 0.6 is 0 Å². The molecule has 8 nitrogen and oxygen atoms in total. The molecule has 8 heteroatoms. The average Bonchev–Trinajstić information content (AvgIpc) is 2.84. The van der Waals surface area contributed by atoms with Crippen LogP contribution in [0.1, 0.15) is 25.7 Å². The number of carboxylic acid groups (broad SMARTS) is 1. The maximum atomic E-state index is 11.7. The van der Waals surface area contributed by atoms with Gasteiger partial charge in [0.15, 0.2) is 0 Å². The first kappa shape index (κ1) is 16.1. The number of urea groups is 2. The molecule has 0 saturated heterocycles. The van der Waals surface area contributed by atoms with Crippen molar-refractivity contribution in [3.05, 3.63) is 0 Å². The van der Waals surface area contributed by atoms with Gasteiger partial charge in [-0.05, 0) is 12.8 Å². The van der Waals surface area contributed by atoms with Crippen molar-refractivity contribution in [1.82, 2.24) is 20.9 Å². The summed E-state index contributed by atoms with van der Waals surface area (Å²) in [7, 11) is 3.23. The zero-order chi connectivity index (χ0) is 15.2. The highest BCUT2D eigenvalue weighted by Crippen LogP contribution is 2.29. The minimum atomic E-state index is -1.14. The molecule has 0 heterocycles. The fourth-order valence-electron chi connectivity index (χ4n) is 2.14. The summed E-state index contributed by atoms with van der Waals surface area (Å²) >= 11 is 0. The Morgan fingerprint density at radius 1 is 1.10 bits per heavy atom. The molecule has 114 valence electrons. The number of rotatable bonds is 5. The van der Waals surface area contributed by atoms with Crippen molar-refractivity contribution in [2.24, 2.45) is 0 Å². The molecule has 0 aromatic rings. The first-order chi connectivity index (χ1) is 9.37. The summed E-state index contributed by atoms with van der Waals surface area (Å²) in [6.07, 6.45) is 2.50. The summed E-state index contributed by atoms with van der Waals surface area (Å²) in [5.41, 5.74) is -1.14. The van der Waals surface area contributed by atoms with Crippen LogP contribution in [0.3, 0.4) is 0 Å². The molecule has 0 atom stereocenters. The van der Waals surface area contributed by atoms with Gasteiger partial charge in [0.2, 0.25) is 0 Å². The molecule has 1 rings (SSSR count). The number of carbonyl (C=O) groups is 3. The highest BCUT2D eigenvalue weighted by atomic mass is 16.4. The SMILES string of the molecule is CN(C)C(=O)NCCNC(=O)NC1(C(=O)O)CCCC1.